The summed E-state index contributed by atoms with van der Waals surface area (Å²) in [7, 11) is -3.58. The van der Waals surface area contributed by atoms with Gasteiger partial charge in [-0.15, -0.1) is 0 Å². The van der Waals surface area contributed by atoms with Gasteiger partial charge in [-0.25, -0.2) is 13.4 Å². The topological polar surface area (TPSA) is 103 Å². The van der Waals surface area contributed by atoms with Crippen LogP contribution in [-0.4, -0.2) is 72.8 Å². The number of fused-ring (bicyclic) bond motifs is 1. The number of nitrogens with one attached hydrogen (secondary N) is 1. The van der Waals surface area contributed by atoms with E-state index in [0.29, 0.717) is 17.5 Å². The predicted octanol–water partition coefficient (Wildman–Crippen LogP) is 4.57. The van der Waals surface area contributed by atoms with Crippen molar-refractivity contribution in [2.75, 3.05) is 53.5 Å². The first-order valence-corrected chi connectivity index (χ1v) is 16.4. The lowest BCUT2D eigenvalue weighted by Crippen LogP contribution is -2.39. The van der Waals surface area contributed by atoms with Crippen LogP contribution in [0.1, 0.15) is 67.5 Å². The number of halogens is 1. The van der Waals surface area contributed by atoms with Crippen LogP contribution in [0.25, 0.3) is 5.65 Å². The van der Waals surface area contributed by atoms with E-state index in [1.807, 2.05) is 15.5 Å². The highest BCUT2D eigenvalue weighted by atomic mass is 35.5. The van der Waals surface area contributed by atoms with Gasteiger partial charge in [-0.2, -0.15) is 9.61 Å². The second-order valence-corrected chi connectivity index (χ2v) is 13.6. The summed E-state index contributed by atoms with van der Waals surface area (Å²) in [6.45, 7) is 6.82. The van der Waals surface area contributed by atoms with E-state index >= 15 is 0 Å². The van der Waals surface area contributed by atoms with Crippen molar-refractivity contribution in [3.05, 3.63) is 46.6 Å². The van der Waals surface area contributed by atoms with Gasteiger partial charge in [0.2, 0.25) is 10.0 Å². The average Bonchev–Trinajstić information content (AvgIpc) is 3.31. The molecule has 5 heterocycles. The highest BCUT2D eigenvalue weighted by molar-refractivity contribution is 7.92. The van der Waals surface area contributed by atoms with Crippen LogP contribution >= 0.6 is 11.6 Å². The molecule has 12 heteroatoms. The van der Waals surface area contributed by atoms with Crippen molar-refractivity contribution in [2.45, 2.75) is 51.5 Å². The monoisotopic (exact) mass is 585 g/mol. The number of nitrogens with zero attached hydrogens (tertiary/aromatic N) is 6. The highest BCUT2D eigenvalue weighted by Crippen LogP contribution is 2.36. The Morgan fingerprint density at radius 1 is 1.00 bits per heavy atom. The second-order valence-electron chi connectivity index (χ2n) is 11.4. The molecule has 1 aromatic carbocycles. The molecule has 1 N–H and O–H groups in total. The minimum Gasteiger partial charge on any atom is -0.356 e. The van der Waals surface area contributed by atoms with Crippen molar-refractivity contribution in [3.8, 4) is 0 Å². The van der Waals surface area contributed by atoms with Gasteiger partial charge in [0.05, 0.1) is 29.2 Å². The molecule has 0 bridgehead atoms. The molecule has 3 fully saturated rings. The third kappa shape index (κ3) is 5.45. The molecule has 0 aliphatic carbocycles. The number of benzene rings is 1. The molecule has 40 heavy (non-hydrogen) atoms. The molecule has 2 aromatic heterocycles. The van der Waals surface area contributed by atoms with Crippen molar-refractivity contribution >= 4 is 50.5 Å². The fourth-order valence-corrected chi connectivity index (χ4v) is 6.82. The Hall–Kier alpha value is -3.05. The first-order chi connectivity index (χ1) is 19.2. The molecule has 0 spiro atoms. The van der Waals surface area contributed by atoms with Crippen LogP contribution in [0.3, 0.4) is 0 Å². The molecular weight excluding hydrogens is 550 g/mol. The second kappa shape index (κ2) is 10.7. The molecule has 2 atom stereocenters. The number of carbonyl (C=O) groups is 1. The minimum absolute atomic E-state index is 0.221. The number of hydrogen-bond acceptors (Lipinski definition) is 7. The SMILES string of the molecule is C[C@H]1CCCN(c2cc(N3CCC3)nc3cc([C@@H]4CCCCN4C(=O)c4cc(Cl)ccc4NS(C)(=O)=O)nn23)C1. The highest BCUT2D eigenvalue weighted by Gasteiger charge is 2.33. The van der Waals surface area contributed by atoms with Gasteiger partial charge in [0, 0.05) is 49.9 Å². The molecule has 3 aliphatic rings. The molecule has 0 radical (unpaired) electrons. The Labute approximate surface area is 240 Å². The van der Waals surface area contributed by atoms with Gasteiger partial charge < -0.3 is 14.7 Å². The van der Waals surface area contributed by atoms with Crippen LogP contribution in [0.2, 0.25) is 5.02 Å². The van der Waals surface area contributed by atoms with E-state index in [-0.39, 0.29) is 23.2 Å². The van der Waals surface area contributed by atoms with Gasteiger partial charge in [-0.1, -0.05) is 18.5 Å². The Balaban J connectivity index is 1.39. The summed E-state index contributed by atoms with van der Waals surface area (Å²) in [5.41, 5.74) is 2.04. The third-order valence-corrected chi connectivity index (χ3v) is 9.01. The van der Waals surface area contributed by atoms with Gasteiger partial charge >= 0.3 is 0 Å². The number of hydrogen-bond donors (Lipinski definition) is 1. The smallest absolute Gasteiger partial charge is 0.256 e. The molecule has 0 unspecified atom stereocenters. The van der Waals surface area contributed by atoms with E-state index in [4.69, 9.17) is 21.7 Å². The van der Waals surface area contributed by atoms with Crippen LogP contribution in [0.15, 0.2) is 30.3 Å². The molecule has 214 valence electrons. The number of piperidine rings is 2. The first kappa shape index (κ1) is 27.1. The fourth-order valence-electron chi connectivity index (χ4n) is 6.08. The summed E-state index contributed by atoms with van der Waals surface area (Å²) < 4.78 is 28.4. The average molecular weight is 586 g/mol. The van der Waals surface area contributed by atoms with Crippen molar-refractivity contribution in [1.29, 1.82) is 0 Å². The summed E-state index contributed by atoms with van der Waals surface area (Å²) >= 11 is 6.26. The van der Waals surface area contributed by atoms with Crippen LogP contribution in [-0.2, 0) is 10.0 Å². The number of carbonyl (C=O) groups excluding carboxylic acids is 1. The zero-order chi connectivity index (χ0) is 28.0. The number of anilines is 3. The Kier molecular flexibility index (Phi) is 7.28. The van der Waals surface area contributed by atoms with E-state index < -0.39 is 10.0 Å². The largest absolute Gasteiger partial charge is 0.356 e. The summed E-state index contributed by atoms with van der Waals surface area (Å²) in [6.07, 6.45) is 7.21. The van der Waals surface area contributed by atoms with Crippen molar-refractivity contribution in [1.82, 2.24) is 19.5 Å². The lowest BCUT2D eigenvalue weighted by Gasteiger charge is -2.36. The summed E-state index contributed by atoms with van der Waals surface area (Å²) in [6, 6.07) is 8.57. The van der Waals surface area contributed by atoms with Crippen LogP contribution < -0.4 is 14.5 Å². The maximum Gasteiger partial charge on any atom is 0.256 e. The Morgan fingerprint density at radius 2 is 1.80 bits per heavy atom. The number of aromatic nitrogens is 3. The van der Waals surface area contributed by atoms with Crippen molar-refractivity contribution in [2.24, 2.45) is 5.92 Å². The summed E-state index contributed by atoms with van der Waals surface area (Å²) in [5.74, 6) is 2.37. The molecule has 6 rings (SSSR count). The standard InChI is InChI=1S/C28H36ClN7O3S/c1-19-7-5-11-34(18-19)27-17-25(33-12-6-13-33)30-26-16-23(31-36(26)27)24-8-3-4-14-35(24)28(37)21-15-20(29)9-10-22(21)32-40(2,38)39/h9-10,15-17,19,24,32H,3-8,11-14,18H2,1-2H3/t19-,24-/m0/s1. The normalized spacial score (nSPS) is 21.9. The van der Waals surface area contributed by atoms with E-state index in [1.54, 1.807) is 6.07 Å². The van der Waals surface area contributed by atoms with E-state index in [1.165, 1.54) is 25.0 Å². The maximum atomic E-state index is 14.0. The molecule has 3 aromatic rings. The minimum atomic E-state index is -3.58. The molecule has 3 saturated heterocycles. The van der Waals surface area contributed by atoms with Crippen LogP contribution in [0.4, 0.5) is 17.3 Å². The molecule has 1 amide bonds. The molecule has 3 aliphatic heterocycles. The van der Waals surface area contributed by atoms with Gasteiger partial charge in [-0.3, -0.25) is 9.52 Å². The number of amides is 1. The Morgan fingerprint density at radius 3 is 2.52 bits per heavy atom. The summed E-state index contributed by atoms with van der Waals surface area (Å²) in [4.78, 5) is 25.5. The first-order valence-electron chi connectivity index (χ1n) is 14.2. The zero-order valence-corrected chi connectivity index (χ0v) is 24.6. The third-order valence-electron chi connectivity index (χ3n) is 8.19. The lowest BCUT2D eigenvalue weighted by molar-refractivity contribution is 0.0607. The lowest BCUT2D eigenvalue weighted by atomic mass is 9.98. The van der Waals surface area contributed by atoms with Crippen LogP contribution in [0, 0.1) is 5.92 Å². The van der Waals surface area contributed by atoms with Gasteiger partial charge in [0.25, 0.3) is 5.91 Å². The number of sulfonamides is 1. The van der Waals surface area contributed by atoms with Gasteiger partial charge in [-0.05, 0) is 62.6 Å². The quantitative estimate of drug-likeness (QED) is 0.452. The molecule has 10 nitrogen and oxygen atoms in total. The van der Waals surface area contributed by atoms with Crippen LogP contribution in [0.5, 0.6) is 0 Å². The van der Waals surface area contributed by atoms with Crippen molar-refractivity contribution in [3.63, 3.8) is 0 Å². The van der Waals surface area contributed by atoms with Crippen molar-refractivity contribution < 1.29 is 13.2 Å². The zero-order valence-electron chi connectivity index (χ0n) is 23.0. The van der Waals surface area contributed by atoms with E-state index in [2.05, 4.69) is 27.5 Å². The van der Waals surface area contributed by atoms with E-state index in [0.717, 1.165) is 81.1 Å². The number of rotatable bonds is 6. The fraction of sp³-hybridized carbons (Fsp3) is 0.536. The van der Waals surface area contributed by atoms with Gasteiger partial charge in [0.15, 0.2) is 5.65 Å². The number of likely N-dealkylation sites (tertiary alicyclic amines) is 1. The van der Waals surface area contributed by atoms with E-state index in [9.17, 15) is 13.2 Å². The maximum absolute atomic E-state index is 14.0. The Bertz CT molecular complexity index is 1540. The van der Waals surface area contributed by atoms with Gasteiger partial charge in [0.1, 0.15) is 11.6 Å². The molecular formula is C28H36ClN7O3S. The summed E-state index contributed by atoms with van der Waals surface area (Å²) in [5, 5.41) is 5.44. The predicted molar refractivity (Wildman–Crippen MR) is 158 cm³/mol. The molecule has 0 saturated carbocycles.